The maximum Gasteiger partial charge on any atom is 0.280 e. The molecule has 0 saturated carbocycles. The Labute approximate surface area is 134 Å². The maximum absolute atomic E-state index is 12.4. The molecule has 2 aliphatic heterocycles. The number of nitrogens with zero attached hydrogens (tertiary/aromatic N) is 1. The van der Waals surface area contributed by atoms with Crippen LogP contribution in [0.3, 0.4) is 0 Å². The Kier molecular flexibility index (Phi) is 3.09. The van der Waals surface area contributed by atoms with Crippen molar-refractivity contribution in [3.8, 4) is 11.5 Å². The first-order valence-corrected chi connectivity index (χ1v) is 7.56. The van der Waals surface area contributed by atoms with Gasteiger partial charge >= 0.3 is 0 Å². The highest BCUT2D eigenvalue weighted by atomic mass is 32.2. The minimum absolute atomic E-state index is 0.0334. The minimum Gasteiger partial charge on any atom is -0.454 e. The number of ketones is 1. The average molecular weight is 327 g/mol. The number of nitro benzene ring substituents is 1. The molecule has 0 spiro atoms. The Balaban J connectivity index is 1.81. The molecule has 2 aromatic rings. The van der Waals surface area contributed by atoms with Crippen LogP contribution in [0.5, 0.6) is 11.5 Å². The predicted molar refractivity (Wildman–Crippen MR) is 83.8 cm³/mol. The highest BCUT2D eigenvalue weighted by molar-refractivity contribution is 8.04. The molecular formula is C16H9NO5S. The fraction of sp³-hybridized carbons (Fsp3) is 0.0625. The second-order valence-electron chi connectivity index (χ2n) is 4.96. The standard InChI is InChI=1S/C16H9NO5S/c18-16-10-3-1-2-4-14(10)23-15(16)6-9-5-12-13(22-8-21-12)7-11(9)17(19)20/h1-7H,8H2/b15-6+. The molecule has 0 fully saturated rings. The third-order valence-electron chi connectivity index (χ3n) is 3.58. The highest BCUT2D eigenvalue weighted by Crippen LogP contribution is 2.43. The maximum atomic E-state index is 12.4. The number of hydrogen-bond donors (Lipinski definition) is 0. The number of fused-ring (bicyclic) bond motifs is 2. The van der Waals surface area contributed by atoms with Crippen LogP contribution in [-0.4, -0.2) is 17.5 Å². The van der Waals surface area contributed by atoms with E-state index in [9.17, 15) is 14.9 Å². The summed E-state index contributed by atoms with van der Waals surface area (Å²) in [5.41, 5.74) is 0.821. The van der Waals surface area contributed by atoms with Crippen LogP contribution in [0.1, 0.15) is 15.9 Å². The van der Waals surface area contributed by atoms with E-state index in [0.29, 0.717) is 27.5 Å². The van der Waals surface area contributed by atoms with Crippen molar-refractivity contribution in [2.45, 2.75) is 4.90 Å². The molecular weight excluding hydrogens is 318 g/mol. The third kappa shape index (κ3) is 2.25. The van der Waals surface area contributed by atoms with Gasteiger partial charge in [-0.15, -0.1) is 0 Å². The number of thioether (sulfide) groups is 1. The Morgan fingerprint density at radius 3 is 2.65 bits per heavy atom. The summed E-state index contributed by atoms with van der Waals surface area (Å²) in [6.45, 7) is 0.0334. The molecule has 2 heterocycles. The topological polar surface area (TPSA) is 78.7 Å². The first-order valence-electron chi connectivity index (χ1n) is 6.75. The van der Waals surface area contributed by atoms with E-state index in [1.54, 1.807) is 12.1 Å². The van der Waals surface area contributed by atoms with Gasteiger partial charge in [0.15, 0.2) is 11.5 Å². The third-order valence-corrected chi connectivity index (χ3v) is 4.68. The molecule has 0 aliphatic carbocycles. The molecule has 0 saturated heterocycles. The van der Waals surface area contributed by atoms with Gasteiger partial charge in [0.05, 0.1) is 21.5 Å². The van der Waals surface area contributed by atoms with Gasteiger partial charge in [-0.25, -0.2) is 0 Å². The van der Waals surface area contributed by atoms with Gasteiger partial charge in [0.1, 0.15) is 0 Å². The number of carbonyl (C=O) groups excluding carboxylic acids is 1. The van der Waals surface area contributed by atoms with Crippen molar-refractivity contribution in [2.24, 2.45) is 0 Å². The average Bonchev–Trinajstić information content (AvgIpc) is 3.11. The largest absolute Gasteiger partial charge is 0.454 e. The van der Waals surface area contributed by atoms with E-state index < -0.39 is 4.92 Å². The van der Waals surface area contributed by atoms with Crippen LogP contribution < -0.4 is 9.47 Å². The molecule has 4 rings (SSSR count). The molecule has 23 heavy (non-hydrogen) atoms. The first-order chi connectivity index (χ1) is 11.1. The summed E-state index contributed by atoms with van der Waals surface area (Å²) in [5, 5.41) is 11.3. The van der Waals surface area contributed by atoms with Crippen LogP contribution in [0.2, 0.25) is 0 Å². The summed E-state index contributed by atoms with van der Waals surface area (Å²) in [6.07, 6.45) is 1.53. The second kappa shape index (κ2) is 5.13. The van der Waals surface area contributed by atoms with Crippen LogP contribution in [0.25, 0.3) is 6.08 Å². The number of Topliss-reactive ketones (excluding diaryl/α,β-unsaturated/α-hetero) is 1. The van der Waals surface area contributed by atoms with Crippen molar-refractivity contribution >= 4 is 29.3 Å². The number of carbonyl (C=O) groups is 1. The molecule has 0 atom stereocenters. The fourth-order valence-corrected chi connectivity index (χ4v) is 3.54. The number of nitro groups is 1. The summed E-state index contributed by atoms with van der Waals surface area (Å²) in [4.78, 5) is 24.5. The molecule has 0 bridgehead atoms. The van der Waals surface area contributed by atoms with Crippen molar-refractivity contribution in [2.75, 3.05) is 6.79 Å². The Morgan fingerprint density at radius 1 is 1.17 bits per heavy atom. The van der Waals surface area contributed by atoms with E-state index in [1.165, 1.54) is 30.0 Å². The highest BCUT2D eigenvalue weighted by Gasteiger charge is 2.28. The van der Waals surface area contributed by atoms with Crippen molar-refractivity contribution in [3.63, 3.8) is 0 Å². The summed E-state index contributed by atoms with van der Waals surface area (Å²) < 4.78 is 10.4. The number of rotatable bonds is 2. The van der Waals surface area contributed by atoms with Crippen molar-refractivity contribution < 1.29 is 19.2 Å². The quantitative estimate of drug-likeness (QED) is 0.476. The first kappa shape index (κ1) is 13.8. The van der Waals surface area contributed by atoms with Crippen LogP contribution in [0.4, 0.5) is 5.69 Å². The summed E-state index contributed by atoms with van der Waals surface area (Å²) >= 11 is 1.31. The Morgan fingerprint density at radius 2 is 1.91 bits per heavy atom. The molecule has 2 aromatic carbocycles. The lowest BCUT2D eigenvalue weighted by molar-refractivity contribution is -0.385. The minimum atomic E-state index is -0.494. The van der Waals surface area contributed by atoms with E-state index >= 15 is 0 Å². The monoisotopic (exact) mass is 327 g/mol. The van der Waals surface area contributed by atoms with Gasteiger partial charge in [-0.3, -0.25) is 14.9 Å². The van der Waals surface area contributed by atoms with Gasteiger partial charge in [-0.1, -0.05) is 23.9 Å². The van der Waals surface area contributed by atoms with E-state index in [2.05, 4.69) is 0 Å². The van der Waals surface area contributed by atoms with Crippen molar-refractivity contribution in [1.82, 2.24) is 0 Å². The summed E-state index contributed by atoms with van der Waals surface area (Å²) in [5.74, 6) is 0.653. The fourth-order valence-electron chi connectivity index (χ4n) is 2.50. The van der Waals surface area contributed by atoms with Crippen LogP contribution in [0.15, 0.2) is 46.2 Å². The Hall–Kier alpha value is -2.80. The van der Waals surface area contributed by atoms with E-state index in [4.69, 9.17) is 9.47 Å². The summed E-state index contributed by atoms with van der Waals surface area (Å²) in [6, 6.07) is 10.1. The number of benzene rings is 2. The van der Waals surface area contributed by atoms with Crippen LogP contribution in [-0.2, 0) is 0 Å². The zero-order valence-corrected chi connectivity index (χ0v) is 12.5. The van der Waals surface area contributed by atoms with Gasteiger partial charge in [0, 0.05) is 10.5 Å². The molecule has 0 amide bonds. The van der Waals surface area contributed by atoms with Crippen molar-refractivity contribution in [3.05, 3.63) is 62.5 Å². The Bertz CT molecular complexity index is 890. The molecule has 0 unspecified atom stereocenters. The zero-order valence-electron chi connectivity index (χ0n) is 11.6. The molecule has 7 heteroatoms. The van der Waals surface area contributed by atoms with Crippen molar-refractivity contribution in [1.29, 1.82) is 0 Å². The lowest BCUT2D eigenvalue weighted by Crippen LogP contribution is -1.96. The van der Waals surface area contributed by atoms with Gasteiger partial charge in [0.25, 0.3) is 5.69 Å². The van der Waals surface area contributed by atoms with Gasteiger partial charge in [-0.05, 0) is 24.3 Å². The molecule has 0 N–H and O–H groups in total. The van der Waals surface area contributed by atoms with Crippen LogP contribution in [0, 0.1) is 10.1 Å². The lowest BCUT2D eigenvalue weighted by atomic mass is 10.1. The van der Waals surface area contributed by atoms with E-state index in [1.807, 2.05) is 12.1 Å². The number of ether oxygens (including phenoxy) is 2. The zero-order chi connectivity index (χ0) is 16.0. The number of hydrogen-bond acceptors (Lipinski definition) is 6. The molecule has 114 valence electrons. The van der Waals surface area contributed by atoms with Gasteiger partial charge in [0.2, 0.25) is 12.6 Å². The molecule has 6 nitrogen and oxygen atoms in total. The molecule has 0 radical (unpaired) electrons. The smallest absolute Gasteiger partial charge is 0.280 e. The molecule has 2 aliphatic rings. The number of allylic oxidation sites excluding steroid dienone is 1. The second-order valence-corrected chi connectivity index (χ2v) is 6.04. The molecule has 0 aromatic heterocycles. The summed E-state index contributed by atoms with van der Waals surface area (Å²) in [7, 11) is 0. The predicted octanol–water partition coefficient (Wildman–Crippen LogP) is 3.65. The van der Waals surface area contributed by atoms with Crippen LogP contribution >= 0.6 is 11.8 Å². The van der Waals surface area contributed by atoms with E-state index in [-0.39, 0.29) is 18.3 Å². The lowest BCUT2D eigenvalue weighted by Gasteiger charge is -2.02. The SMILES string of the molecule is O=C1/C(=C\c2cc3c(cc2[N+](=O)[O-])OCO3)Sc2ccccc21. The normalized spacial score (nSPS) is 16.7. The van der Waals surface area contributed by atoms with Gasteiger partial charge in [-0.2, -0.15) is 0 Å². The van der Waals surface area contributed by atoms with E-state index in [0.717, 1.165) is 4.90 Å². The van der Waals surface area contributed by atoms with Gasteiger partial charge < -0.3 is 9.47 Å².